The molecule has 2 aromatic rings. The number of piperidine rings is 1. The van der Waals surface area contributed by atoms with Crippen LogP contribution >= 0.6 is 0 Å². The van der Waals surface area contributed by atoms with E-state index in [1.165, 1.54) is 0 Å². The molecule has 3 heterocycles. The Morgan fingerprint density at radius 3 is 2.83 bits per heavy atom. The lowest BCUT2D eigenvalue weighted by Crippen LogP contribution is -2.42. The second-order valence-corrected chi connectivity index (χ2v) is 6.53. The van der Waals surface area contributed by atoms with E-state index in [2.05, 4.69) is 30.3 Å². The van der Waals surface area contributed by atoms with E-state index >= 15 is 0 Å². The van der Waals surface area contributed by atoms with Crippen molar-refractivity contribution in [2.45, 2.75) is 39.3 Å². The smallest absolute Gasteiger partial charge is 0.225 e. The summed E-state index contributed by atoms with van der Waals surface area (Å²) in [6.07, 6.45) is 2.23. The fourth-order valence-corrected chi connectivity index (χ4v) is 2.95. The van der Waals surface area contributed by atoms with Crippen molar-refractivity contribution in [1.29, 1.82) is 0 Å². The monoisotopic (exact) mass is 331 g/mol. The molecule has 1 aliphatic rings. The number of nitrogens with one attached hydrogen (secondary N) is 1. The van der Waals surface area contributed by atoms with Crippen molar-refractivity contribution >= 4 is 11.8 Å². The maximum Gasteiger partial charge on any atom is 0.225 e. The molecule has 2 aromatic heterocycles. The van der Waals surface area contributed by atoms with E-state index < -0.39 is 0 Å². The van der Waals surface area contributed by atoms with Crippen LogP contribution in [0.2, 0.25) is 0 Å². The summed E-state index contributed by atoms with van der Waals surface area (Å²) in [6.45, 7) is 6.48. The van der Waals surface area contributed by atoms with Crippen LogP contribution in [0.15, 0.2) is 10.6 Å². The van der Waals surface area contributed by atoms with Crippen LogP contribution < -0.4 is 10.2 Å². The lowest BCUT2D eigenvalue weighted by Gasteiger charge is -2.32. The predicted molar refractivity (Wildman–Crippen MR) is 92.1 cm³/mol. The Morgan fingerprint density at radius 2 is 2.12 bits per heavy atom. The van der Waals surface area contributed by atoms with Crippen molar-refractivity contribution in [1.82, 2.24) is 25.0 Å². The molecule has 8 heteroatoms. The second kappa shape index (κ2) is 7.12. The number of aromatic nitrogens is 4. The quantitative estimate of drug-likeness (QED) is 0.885. The van der Waals surface area contributed by atoms with Gasteiger partial charge in [0.1, 0.15) is 5.82 Å². The van der Waals surface area contributed by atoms with Crippen LogP contribution in [-0.2, 0) is 6.54 Å². The van der Waals surface area contributed by atoms with Gasteiger partial charge in [0, 0.05) is 45.4 Å². The number of rotatable bonds is 5. The number of hydrogen-bond acceptors (Lipinski definition) is 8. The van der Waals surface area contributed by atoms with E-state index in [0.29, 0.717) is 24.4 Å². The molecular weight excluding hydrogens is 306 g/mol. The van der Waals surface area contributed by atoms with Crippen LogP contribution in [0.5, 0.6) is 0 Å². The van der Waals surface area contributed by atoms with Gasteiger partial charge in [0.05, 0.1) is 6.54 Å². The molecule has 0 unspecified atom stereocenters. The third-order valence-electron chi connectivity index (χ3n) is 4.07. The summed E-state index contributed by atoms with van der Waals surface area (Å²) in [4.78, 5) is 17.7. The Balaban J connectivity index is 1.63. The van der Waals surface area contributed by atoms with Crippen LogP contribution in [0.4, 0.5) is 11.8 Å². The summed E-state index contributed by atoms with van der Waals surface area (Å²) >= 11 is 0. The Hall–Kier alpha value is -2.22. The largest absolute Gasteiger partial charge is 0.363 e. The fourth-order valence-electron chi connectivity index (χ4n) is 2.95. The van der Waals surface area contributed by atoms with Crippen molar-refractivity contribution in [2.24, 2.45) is 0 Å². The number of likely N-dealkylation sites (tertiary alicyclic amines) is 1. The molecule has 0 amide bonds. The van der Waals surface area contributed by atoms with Gasteiger partial charge in [-0.05, 0) is 26.3 Å². The second-order valence-electron chi connectivity index (χ2n) is 6.53. The van der Waals surface area contributed by atoms with Gasteiger partial charge < -0.3 is 14.7 Å². The summed E-state index contributed by atoms with van der Waals surface area (Å²) in [5.41, 5.74) is 0.964. The van der Waals surface area contributed by atoms with Crippen molar-refractivity contribution < 1.29 is 4.52 Å². The van der Waals surface area contributed by atoms with Crippen LogP contribution in [0, 0.1) is 13.8 Å². The van der Waals surface area contributed by atoms with Gasteiger partial charge in [-0.3, -0.25) is 4.90 Å². The lowest BCUT2D eigenvalue weighted by molar-refractivity contribution is 0.201. The molecule has 1 atom stereocenters. The van der Waals surface area contributed by atoms with Crippen LogP contribution in [0.25, 0.3) is 0 Å². The maximum atomic E-state index is 5.05. The minimum Gasteiger partial charge on any atom is -0.363 e. The molecule has 1 saturated heterocycles. The molecule has 24 heavy (non-hydrogen) atoms. The highest BCUT2D eigenvalue weighted by atomic mass is 16.5. The van der Waals surface area contributed by atoms with Gasteiger partial charge in [-0.15, -0.1) is 0 Å². The zero-order valence-electron chi connectivity index (χ0n) is 14.8. The first kappa shape index (κ1) is 16.6. The predicted octanol–water partition coefficient (Wildman–Crippen LogP) is 1.62. The van der Waals surface area contributed by atoms with Crippen LogP contribution in [0.1, 0.15) is 30.3 Å². The zero-order chi connectivity index (χ0) is 17.1. The van der Waals surface area contributed by atoms with Gasteiger partial charge in [0.15, 0.2) is 5.82 Å². The Labute approximate surface area is 142 Å². The molecule has 0 spiro atoms. The summed E-state index contributed by atoms with van der Waals surface area (Å²) in [7, 11) is 3.97. The van der Waals surface area contributed by atoms with E-state index in [4.69, 9.17) is 4.52 Å². The normalized spacial score (nSPS) is 18.6. The van der Waals surface area contributed by atoms with Gasteiger partial charge in [-0.25, -0.2) is 4.98 Å². The molecule has 130 valence electrons. The summed E-state index contributed by atoms with van der Waals surface area (Å²) in [6, 6.07) is 2.31. The average molecular weight is 331 g/mol. The molecule has 0 bridgehead atoms. The third-order valence-corrected chi connectivity index (χ3v) is 4.07. The molecule has 0 saturated carbocycles. The van der Waals surface area contributed by atoms with Crippen molar-refractivity contribution in [3.63, 3.8) is 0 Å². The number of aryl methyl sites for hydroxylation is 2. The third kappa shape index (κ3) is 4.19. The first-order valence-corrected chi connectivity index (χ1v) is 8.30. The molecule has 0 radical (unpaired) electrons. The van der Waals surface area contributed by atoms with Crippen LogP contribution in [0.3, 0.4) is 0 Å². The Kier molecular flexibility index (Phi) is 4.94. The first-order valence-electron chi connectivity index (χ1n) is 8.30. The van der Waals surface area contributed by atoms with Crippen molar-refractivity contribution in [2.75, 3.05) is 37.4 Å². The summed E-state index contributed by atoms with van der Waals surface area (Å²) in [5.74, 6) is 2.97. The van der Waals surface area contributed by atoms with E-state index in [1.807, 2.05) is 38.9 Å². The molecule has 1 N–H and O–H groups in total. The highest BCUT2D eigenvalue weighted by Crippen LogP contribution is 2.18. The maximum absolute atomic E-state index is 5.05. The number of nitrogens with zero attached hydrogens (tertiary/aromatic N) is 6. The highest BCUT2D eigenvalue weighted by Gasteiger charge is 2.22. The topological polar surface area (TPSA) is 83.2 Å². The van der Waals surface area contributed by atoms with Gasteiger partial charge in [-0.1, -0.05) is 5.16 Å². The molecule has 1 aliphatic heterocycles. The fraction of sp³-hybridized carbons (Fsp3) is 0.625. The van der Waals surface area contributed by atoms with Crippen molar-refractivity contribution in [3.8, 4) is 0 Å². The minimum absolute atomic E-state index is 0.323. The molecule has 8 nitrogen and oxygen atoms in total. The Morgan fingerprint density at radius 1 is 1.29 bits per heavy atom. The van der Waals surface area contributed by atoms with Gasteiger partial charge in [0.25, 0.3) is 0 Å². The van der Waals surface area contributed by atoms with E-state index in [0.717, 1.165) is 43.3 Å². The molecule has 0 aromatic carbocycles. The van der Waals surface area contributed by atoms with Gasteiger partial charge in [0.2, 0.25) is 11.8 Å². The average Bonchev–Trinajstić information content (AvgIpc) is 2.92. The van der Waals surface area contributed by atoms with Crippen molar-refractivity contribution in [3.05, 3.63) is 23.5 Å². The van der Waals surface area contributed by atoms with Gasteiger partial charge >= 0.3 is 0 Å². The summed E-state index contributed by atoms with van der Waals surface area (Å²) < 4.78 is 5.05. The molecule has 3 rings (SSSR count). The SMILES string of the molecule is Cc1cc(N(C)C)nc(N[C@@H]2CCCN(Cc3noc(C)n3)C2)n1. The van der Waals surface area contributed by atoms with Gasteiger partial charge in [-0.2, -0.15) is 9.97 Å². The van der Waals surface area contributed by atoms with E-state index in [9.17, 15) is 0 Å². The molecule has 1 fully saturated rings. The zero-order valence-corrected chi connectivity index (χ0v) is 14.8. The number of anilines is 2. The standard InChI is InChI=1S/C16H25N7O/c1-11-8-15(22(3)4)20-16(17-11)19-13-6-5-7-23(9-13)10-14-18-12(2)24-21-14/h8,13H,5-7,9-10H2,1-4H3,(H,17,19,20)/t13-/m1/s1. The minimum atomic E-state index is 0.323. The van der Waals surface area contributed by atoms with E-state index in [-0.39, 0.29) is 0 Å². The molecular formula is C16H25N7O. The Bertz CT molecular complexity index is 685. The highest BCUT2D eigenvalue weighted by molar-refractivity contribution is 5.43. The summed E-state index contributed by atoms with van der Waals surface area (Å²) in [5, 5.41) is 7.47. The molecule has 0 aliphatic carbocycles. The van der Waals surface area contributed by atoms with E-state index in [1.54, 1.807) is 0 Å². The first-order chi connectivity index (χ1) is 11.5. The lowest BCUT2D eigenvalue weighted by atomic mass is 10.1. The van der Waals surface area contributed by atoms with Crippen LogP contribution in [-0.4, -0.2) is 58.2 Å². The number of hydrogen-bond donors (Lipinski definition) is 1.